The lowest BCUT2D eigenvalue weighted by atomic mass is 10.0. The monoisotopic (exact) mass is 545 g/mol. The van der Waals surface area contributed by atoms with Crippen molar-refractivity contribution in [1.29, 1.82) is 0 Å². The predicted octanol–water partition coefficient (Wildman–Crippen LogP) is 3.41. The van der Waals surface area contributed by atoms with Crippen molar-refractivity contribution in [2.24, 2.45) is 0 Å². The van der Waals surface area contributed by atoms with Gasteiger partial charge in [0.1, 0.15) is 5.37 Å². The summed E-state index contributed by atoms with van der Waals surface area (Å²) in [5.41, 5.74) is 4.03. The molecule has 3 aliphatic heterocycles. The fourth-order valence-corrected chi connectivity index (χ4v) is 6.76. The van der Waals surface area contributed by atoms with Crippen LogP contribution in [-0.2, 0) is 20.9 Å². The first-order valence-electron chi connectivity index (χ1n) is 13.5. The zero-order valence-electron chi connectivity index (χ0n) is 21.9. The minimum atomic E-state index is -0.383. The van der Waals surface area contributed by atoms with Gasteiger partial charge in [0, 0.05) is 50.9 Å². The SMILES string of the molecule is O=CNc1ccccc1CNC1CCN(C(=O)CC2SC(c3ccccc3)N(CC3=CCNC=C3)C2=O)CC1. The van der Waals surface area contributed by atoms with Gasteiger partial charge >= 0.3 is 0 Å². The zero-order valence-corrected chi connectivity index (χ0v) is 22.7. The summed E-state index contributed by atoms with van der Waals surface area (Å²) in [7, 11) is 0. The summed E-state index contributed by atoms with van der Waals surface area (Å²) >= 11 is 1.59. The second-order valence-electron chi connectivity index (χ2n) is 10.0. The molecule has 0 spiro atoms. The van der Waals surface area contributed by atoms with Crippen LogP contribution in [0.4, 0.5) is 5.69 Å². The fraction of sp³-hybridized carbons (Fsp3) is 0.367. The van der Waals surface area contributed by atoms with Gasteiger partial charge in [0.05, 0.1) is 5.25 Å². The molecule has 0 aliphatic carbocycles. The highest BCUT2D eigenvalue weighted by atomic mass is 32.2. The van der Waals surface area contributed by atoms with Crippen molar-refractivity contribution in [3.05, 3.63) is 89.6 Å². The number of hydrogen-bond acceptors (Lipinski definition) is 6. The van der Waals surface area contributed by atoms with Crippen LogP contribution in [0.5, 0.6) is 0 Å². The molecular formula is C30H35N5O3S. The Morgan fingerprint density at radius 3 is 2.59 bits per heavy atom. The van der Waals surface area contributed by atoms with E-state index in [1.54, 1.807) is 11.8 Å². The van der Waals surface area contributed by atoms with Crippen molar-refractivity contribution in [2.75, 3.05) is 31.5 Å². The van der Waals surface area contributed by atoms with E-state index in [-0.39, 0.29) is 28.9 Å². The van der Waals surface area contributed by atoms with Gasteiger partial charge in [0.2, 0.25) is 18.2 Å². The van der Waals surface area contributed by atoms with E-state index in [1.165, 1.54) is 0 Å². The van der Waals surface area contributed by atoms with Crippen LogP contribution < -0.4 is 16.0 Å². The van der Waals surface area contributed by atoms with Crippen molar-refractivity contribution in [3.8, 4) is 0 Å². The molecule has 2 aromatic rings. The number of carbonyl (C=O) groups is 3. The number of nitrogens with one attached hydrogen (secondary N) is 3. The van der Waals surface area contributed by atoms with Gasteiger partial charge < -0.3 is 25.8 Å². The first kappa shape index (κ1) is 27.0. The smallest absolute Gasteiger partial charge is 0.237 e. The Bertz CT molecular complexity index is 1230. The van der Waals surface area contributed by atoms with Gasteiger partial charge in [-0.05, 0) is 47.9 Å². The number of para-hydroxylation sites is 1. The van der Waals surface area contributed by atoms with E-state index >= 15 is 0 Å². The first-order valence-corrected chi connectivity index (χ1v) is 14.5. The van der Waals surface area contributed by atoms with Crippen LogP contribution >= 0.6 is 11.8 Å². The van der Waals surface area contributed by atoms with E-state index in [1.807, 2.05) is 64.5 Å². The maximum Gasteiger partial charge on any atom is 0.237 e. The molecule has 204 valence electrons. The second kappa shape index (κ2) is 13.0. The van der Waals surface area contributed by atoms with Crippen LogP contribution in [-0.4, -0.2) is 65.5 Å². The molecule has 0 aromatic heterocycles. The number of rotatable bonds is 10. The van der Waals surface area contributed by atoms with E-state index in [2.05, 4.69) is 34.2 Å². The van der Waals surface area contributed by atoms with E-state index < -0.39 is 0 Å². The first-order chi connectivity index (χ1) is 19.1. The Balaban J connectivity index is 1.16. The summed E-state index contributed by atoms with van der Waals surface area (Å²) in [6, 6.07) is 18.1. The number of amides is 3. The molecular weight excluding hydrogens is 510 g/mol. The van der Waals surface area contributed by atoms with Crippen molar-refractivity contribution in [3.63, 3.8) is 0 Å². The van der Waals surface area contributed by atoms with Crippen LogP contribution in [0, 0.1) is 0 Å². The molecule has 0 radical (unpaired) electrons. The third-order valence-corrected chi connectivity index (χ3v) is 8.97. The normalized spacial score (nSPS) is 21.4. The molecule has 8 nitrogen and oxygen atoms in total. The maximum absolute atomic E-state index is 13.6. The summed E-state index contributed by atoms with van der Waals surface area (Å²) in [6.07, 6.45) is 8.66. The molecule has 3 amide bonds. The summed E-state index contributed by atoms with van der Waals surface area (Å²) in [6.45, 7) is 3.30. The van der Waals surface area contributed by atoms with Crippen LogP contribution in [0.2, 0.25) is 0 Å². The van der Waals surface area contributed by atoms with E-state index in [9.17, 15) is 14.4 Å². The van der Waals surface area contributed by atoms with Crippen molar-refractivity contribution < 1.29 is 14.4 Å². The van der Waals surface area contributed by atoms with Gasteiger partial charge in [-0.2, -0.15) is 0 Å². The van der Waals surface area contributed by atoms with Gasteiger partial charge in [-0.25, -0.2) is 0 Å². The molecule has 2 unspecified atom stereocenters. The summed E-state index contributed by atoms with van der Waals surface area (Å²) in [5.74, 6) is 0.0867. The summed E-state index contributed by atoms with van der Waals surface area (Å²) in [5, 5.41) is 8.99. The standard InChI is InChI=1S/C30H35N5O3S/c36-21-33-26-9-5-4-8-24(26)19-32-25-12-16-34(17-13-25)28(37)18-27-29(38)35(20-22-10-14-31-15-11-22)30(39-27)23-6-2-1-3-7-23/h1-11,14,21,25,27,30-32H,12-13,15-20H2,(H,33,36). The number of dihydropyridines is 1. The third-order valence-electron chi connectivity index (χ3n) is 7.49. The number of benzene rings is 2. The average molecular weight is 546 g/mol. The number of carbonyl (C=O) groups excluding carboxylic acids is 3. The fourth-order valence-electron chi connectivity index (χ4n) is 5.32. The number of nitrogens with zero attached hydrogens (tertiary/aromatic N) is 2. The van der Waals surface area contributed by atoms with Gasteiger partial charge in [0.25, 0.3) is 0 Å². The highest BCUT2D eigenvalue weighted by Gasteiger charge is 2.42. The minimum absolute atomic E-state index is 0.0363. The van der Waals surface area contributed by atoms with Crippen LogP contribution in [0.15, 0.2) is 78.5 Å². The number of piperidine rings is 1. The van der Waals surface area contributed by atoms with Gasteiger partial charge in [-0.1, -0.05) is 54.6 Å². The van der Waals surface area contributed by atoms with Gasteiger partial charge in [0.15, 0.2) is 0 Å². The van der Waals surface area contributed by atoms with E-state index in [4.69, 9.17) is 0 Å². The Kier molecular flexibility index (Phi) is 9.00. The Morgan fingerprint density at radius 2 is 1.85 bits per heavy atom. The molecule has 9 heteroatoms. The average Bonchev–Trinajstić information content (AvgIpc) is 3.28. The van der Waals surface area contributed by atoms with E-state index in [0.29, 0.717) is 38.6 Å². The Hall–Kier alpha value is -3.56. The summed E-state index contributed by atoms with van der Waals surface area (Å²) < 4.78 is 0. The zero-order chi connectivity index (χ0) is 27.0. The highest BCUT2D eigenvalue weighted by molar-refractivity contribution is 8.01. The molecule has 3 heterocycles. The lowest BCUT2D eigenvalue weighted by Gasteiger charge is -2.33. The van der Waals surface area contributed by atoms with E-state index in [0.717, 1.165) is 41.8 Å². The van der Waals surface area contributed by atoms with Crippen LogP contribution in [0.3, 0.4) is 0 Å². The molecule has 3 N–H and O–H groups in total. The van der Waals surface area contributed by atoms with Crippen LogP contribution in [0.1, 0.15) is 35.8 Å². The molecule has 2 fully saturated rings. The van der Waals surface area contributed by atoms with Gasteiger partial charge in [-0.3, -0.25) is 14.4 Å². The number of likely N-dealkylation sites (tertiary alicyclic amines) is 1. The maximum atomic E-state index is 13.6. The Labute approximate surface area is 233 Å². The molecule has 5 rings (SSSR count). The second-order valence-corrected chi connectivity index (χ2v) is 11.3. The molecule has 3 aliphatic rings. The van der Waals surface area contributed by atoms with Crippen LogP contribution in [0.25, 0.3) is 0 Å². The molecule has 2 aromatic carbocycles. The number of hydrogen-bond donors (Lipinski definition) is 3. The third kappa shape index (κ3) is 6.72. The lowest BCUT2D eigenvalue weighted by Crippen LogP contribution is -2.45. The molecule has 0 bridgehead atoms. The summed E-state index contributed by atoms with van der Waals surface area (Å²) in [4.78, 5) is 41.6. The Morgan fingerprint density at radius 1 is 1.08 bits per heavy atom. The number of thioether (sulfide) groups is 1. The number of anilines is 1. The molecule has 2 atom stereocenters. The highest BCUT2D eigenvalue weighted by Crippen LogP contribution is 2.44. The topological polar surface area (TPSA) is 93.8 Å². The van der Waals surface area contributed by atoms with Crippen molar-refractivity contribution in [2.45, 2.75) is 42.5 Å². The van der Waals surface area contributed by atoms with Gasteiger partial charge in [-0.15, -0.1) is 11.8 Å². The predicted molar refractivity (Wildman–Crippen MR) is 155 cm³/mol. The molecule has 2 saturated heterocycles. The largest absolute Gasteiger partial charge is 0.387 e. The molecule has 39 heavy (non-hydrogen) atoms. The van der Waals surface area contributed by atoms with Crippen molar-refractivity contribution >= 4 is 35.7 Å². The molecule has 0 saturated carbocycles. The van der Waals surface area contributed by atoms with Crippen molar-refractivity contribution in [1.82, 2.24) is 20.4 Å². The quantitative estimate of drug-likeness (QED) is 0.396. The minimum Gasteiger partial charge on any atom is -0.387 e. The lowest BCUT2D eigenvalue weighted by molar-refractivity contribution is -0.136.